The quantitative estimate of drug-likeness (QED) is 0.847. The van der Waals surface area contributed by atoms with Gasteiger partial charge >= 0.3 is 6.09 Å². The topological polar surface area (TPSA) is 63.2 Å². The van der Waals surface area contributed by atoms with Crippen LogP contribution in [0.3, 0.4) is 0 Å². The van der Waals surface area contributed by atoms with Crippen molar-refractivity contribution in [3.8, 4) is 0 Å². The highest BCUT2D eigenvalue weighted by Crippen LogP contribution is 2.36. The van der Waals surface area contributed by atoms with Crippen LogP contribution >= 0.6 is 11.6 Å². The summed E-state index contributed by atoms with van der Waals surface area (Å²) < 4.78 is 0. The summed E-state index contributed by atoms with van der Waals surface area (Å²) in [4.78, 5) is 23.3. The fraction of sp³-hybridized carbons (Fsp3) is 0.300. The van der Waals surface area contributed by atoms with Gasteiger partial charge in [-0.3, -0.25) is 5.32 Å². The first-order chi connectivity index (χ1) is 13.1. The molecule has 0 aromatic heterocycles. The molecule has 140 valence electrons. The third-order valence-corrected chi connectivity index (χ3v) is 5.10. The summed E-state index contributed by atoms with van der Waals surface area (Å²) in [6.45, 7) is 1.20. The van der Waals surface area contributed by atoms with E-state index in [9.17, 15) is 4.79 Å². The van der Waals surface area contributed by atoms with Gasteiger partial charge in [0.05, 0.1) is 5.71 Å². The van der Waals surface area contributed by atoms with E-state index in [2.05, 4.69) is 10.5 Å². The van der Waals surface area contributed by atoms with Crippen LogP contribution in [-0.4, -0.2) is 35.6 Å². The van der Waals surface area contributed by atoms with E-state index in [1.807, 2.05) is 30.3 Å². The van der Waals surface area contributed by atoms with Crippen LogP contribution in [0.4, 0.5) is 10.5 Å². The Morgan fingerprint density at radius 3 is 2.67 bits per heavy atom. The lowest BCUT2D eigenvalue weighted by atomic mass is 9.86. The molecule has 2 aliphatic rings. The minimum Gasteiger partial charge on any atom is -0.388 e. The molecule has 0 bridgehead atoms. The summed E-state index contributed by atoms with van der Waals surface area (Å²) in [7, 11) is 0. The highest BCUT2D eigenvalue weighted by Gasteiger charge is 2.43. The van der Waals surface area contributed by atoms with E-state index in [4.69, 9.17) is 21.3 Å². The van der Waals surface area contributed by atoms with Crippen molar-refractivity contribution in [3.05, 3.63) is 65.2 Å². The number of piperidine rings is 1. The van der Waals surface area contributed by atoms with Gasteiger partial charge in [-0.05, 0) is 23.8 Å². The van der Waals surface area contributed by atoms with E-state index >= 15 is 0 Å². The van der Waals surface area contributed by atoms with Crippen molar-refractivity contribution in [2.24, 2.45) is 5.16 Å². The maximum atomic E-state index is 12.1. The predicted octanol–water partition coefficient (Wildman–Crippen LogP) is 4.46. The Morgan fingerprint density at radius 1 is 1.15 bits per heavy atom. The molecule has 2 aromatic carbocycles. The van der Waals surface area contributed by atoms with Crippen LogP contribution in [0.1, 0.15) is 24.8 Å². The molecule has 7 heteroatoms. The van der Waals surface area contributed by atoms with Crippen molar-refractivity contribution < 1.29 is 14.5 Å². The monoisotopic (exact) mass is 385 g/mol. The molecule has 0 unspecified atom stereocenters. The molecule has 1 spiro atoms. The molecule has 6 nitrogen and oxygen atoms in total. The smallest absolute Gasteiger partial charge is 0.388 e. The Bertz CT molecular complexity index is 849. The molecule has 1 amide bonds. The lowest BCUT2D eigenvalue weighted by Crippen LogP contribution is -2.45. The summed E-state index contributed by atoms with van der Waals surface area (Å²) in [5, 5.41) is 9.19. The largest absolute Gasteiger partial charge is 0.430 e. The normalized spacial score (nSPS) is 18.6. The van der Waals surface area contributed by atoms with Gasteiger partial charge in [0.2, 0.25) is 0 Å². The van der Waals surface area contributed by atoms with Crippen LogP contribution in [0.5, 0.6) is 0 Å². The van der Waals surface area contributed by atoms with Gasteiger partial charge in [0.25, 0.3) is 0 Å². The average molecular weight is 386 g/mol. The summed E-state index contributed by atoms with van der Waals surface area (Å²) in [5.74, 6) is 0. The number of hydroxylamine groups is 2. The minimum atomic E-state index is -0.526. The van der Waals surface area contributed by atoms with Gasteiger partial charge < -0.3 is 9.68 Å². The van der Waals surface area contributed by atoms with Crippen molar-refractivity contribution in [2.45, 2.75) is 24.9 Å². The van der Waals surface area contributed by atoms with Gasteiger partial charge in [-0.15, -0.1) is 5.06 Å². The third kappa shape index (κ3) is 4.23. The maximum Gasteiger partial charge on any atom is 0.430 e. The van der Waals surface area contributed by atoms with Gasteiger partial charge in [-0.25, -0.2) is 4.79 Å². The number of anilines is 1. The number of amides is 1. The first-order valence-corrected chi connectivity index (χ1v) is 9.30. The molecule has 0 radical (unpaired) electrons. The van der Waals surface area contributed by atoms with Crippen LogP contribution in [0.15, 0.2) is 59.8 Å². The van der Waals surface area contributed by atoms with Crippen LogP contribution in [0, 0.1) is 0 Å². The second-order valence-corrected chi connectivity index (χ2v) is 7.23. The molecule has 2 aliphatic heterocycles. The minimum absolute atomic E-state index is 0.297. The number of hydrogen-bond acceptors (Lipinski definition) is 5. The zero-order chi connectivity index (χ0) is 18.7. The van der Waals surface area contributed by atoms with Crippen LogP contribution in [0.2, 0.25) is 5.02 Å². The van der Waals surface area contributed by atoms with Crippen molar-refractivity contribution in [2.75, 3.05) is 18.4 Å². The van der Waals surface area contributed by atoms with Crippen molar-refractivity contribution in [3.63, 3.8) is 0 Å². The Balaban J connectivity index is 1.28. The summed E-state index contributed by atoms with van der Waals surface area (Å²) in [6, 6.07) is 17.0. The predicted molar refractivity (Wildman–Crippen MR) is 104 cm³/mol. The van der Waals surface area contributed by atoms with Crippen LogP contribution in [0.25, 0.3) is 0 Å². The Labute approximate surface area is 162 Å². The summed E-state index contributed by atoms with van der Waals surface area (Å²) >= 11 is 5.92. The Hall–Kier alpha value is -2.57. The molecule has 2 heterocycles. The maximum absolute atomic E-state index is 12.1. The second kappa shape index (κ2) is 7.58. The molecular weight excluding hydrogens is 366 g/mol. The summed E-state index contributed by atoms with van der Waals surface area (Å²) in [6.07, 6.45) is 1.75. The molecule has 0 saturated carbocycles. The van der Waals surface area contributed by atoms with Gasteiger partial charge in [0.1, 0.15) is 5.60 Å². The first kappa shape index (κ1) is 17.8. The van der Waals surface area contributed by atoms with Crippen LogP contribution in [-0.2, 0) is 9.68 Å². The van der Waals surface area contributed by atoms with E-state index in [0.717, 1.165) is 30.5 Å². The summed E-state index contributed by atoms with van der Waals surface area (Å²) in [5.41, 5.74) is 2.37. The van der Waals surface area contributed by atoms with Crippen molar-refractivity contribution in [1.82, 2.24) is 5.06 Å². The lowest BCUT2D eigenvalue weighted by Gasteiger charge is -2.35. The molecule has 0 aliphatic carbocycles. The Kier molecular flexibility index (Phi) is 5.01. The molecular formula is C20H20ClN3O3. The van der Waals surface area contributed by atoms with Gasteiger partial charge in [-0.1, -0.05) is 53.2 Å². The van der Waals surface area contributed by atoms with Crippen LogP contribution < -0.4 is 5.32 Å². The number of nitrogens with zero attached hydrogens (tertiary/aromatic N) is 2. The molecule has 2 aromatic rings. The molecule has 1 saturated heterocycles. The highest BCUT2D eigenvalue weighted by molar-refractivity contribution is 6.30. The van der Waals surface area contributed by atoms with E-state index in [0.29, 0.717) is 23.8 Å². The first-order valence-electron chi connectivity index (χ1n) is 8.92. The van der Waals surface area contributed by atoms with Crippen molar-refractivity contribution >= 4 is 29.1 Å². The number of rotatable bonds is 3. The third-order valence-electron chi connectivity index (χ3n) is 4.86. The molecule has 1 N–H and O–H groups in total. The fourth-order valence-corrected chi connectivity index (χ4v) is 3.57. The highest BCUT2D eigenvalue weighted by atomic mass is 35.5. The molecule has 1 fully saturated rings. The fourth-order valence-electron chi connectivity index (χ4n) is 3.38. The van der Waals surface area contributed by atoms with E-state index in [1.54, 1.807) is 29.3 Å². The Morgan fingerprint density at radius 2 is 1.93 bits per heavy atom. The number of nitrogens with one attached hydrogen (secondary N) is 1. The standard InChI is InChI=1S/C20H20ClN3O3/c21-16-7-4-8-17(13-16)22-19(25)26-24-11-9-20(10-12-24)14-18(23-27-20)15-5-2-1-3-6-15/h1-8,13H,9-12,14H2,(H,22,25). The zero-order valence-electron chi connectivity index (χ0n) is 14.7. The number of benzene rings is 2. The molecule has 27 heavy (non-hydrogen) atoms. The number of hydrogen-bond donors (Lipinski definition) is 1. The molecule has 0 atom stereocenters. The number of oxime groups is 1. The molecule has 4 rings (SSSR count). The lowest BCUT2D eigenvalue weighted by molar-refractivity contribution is -0.154. The number of carbonyl (C=O) groups is 1. The van der Waals surface area contributed by atoms with E-state index < -0.39 is 6.09 Å². The van der Waals surface area contributed by atoms with E-state index in [-0.39, 0.29) is 5.60 Å². The van der Waals surface area contributed by atoms with Gasteiger partial charge in [0.15, 0.2) is 0 Å². The average Bonchev–Trinajstić information content (AvgIpc) is 3.08. The second-order valence-electron chi connectivity index (χ2n) is 6.80. The SMILES string of the molecule is O=C(Nc1cccc(Cl)c1)ON1CCC2(CC1)CC(c1ccccc1)=NO2. The van der Waals surface area contributed by atoms with Gasteiger partial charge in [0, 0.05) is 43.1 Å². The number of halogens is 1. The van der Waals surface area contributed by atoms with Gasteiger partial charge in [-0.2, -0.15) is 0 Å². The van der Waals surface area contributed by atoms with Crippen molar-refractivity contribution in [1.29, 1.82) is 0 Å². The van der Waals surface area contributed by atoms with E-state index in [1.165, 1.54) is 0 Å². The zero-order valence-corrected chi connectivity index (χ0v) is 15.5. The number of carbonyl (C=O) groups excluding carboxylic acids is 1.